The minimum Gasteiger partial charge on any atom is -0.497 e. The number of rotatable bonds is 7. The summed E-state index contributed by atoms with van der Waals surface area (Å²) >= 11 is 1.55. The normalized spacial score (nSPS) is 11.0. The third kappa shape index (κ3) is 4.77. The molecule has 30 heavy (non-hydrogen) atoms. The van der Waals surface area contributed by atoms with Gasteiger partial charge in [-0.25, -0.2) is 8.42 Å². The van der Waals surface area contributed by atoms with Crippen molar-refractivity contribution in [3.8, 4) is 5.75 Å². The lowest BCUT2D eigenvalue weighted by Gasteiger charge is -2.20. The molecule has 0 aliphatic carbocycles. The highest BCUT2D eigenvalue weighted by molar-refractivity contribution is 7.98. The largest absolute Gasteiger partial charge is 0.497 e. The maximum atomic E-state index is 12.9. The van der Waals surface area contributed by atoms with E-state index in [4.69, 9.17) is 4.74 Å². The van der Waals surface area contributed by atoms with Crippen LogP contribution in [0.2, 0.25) is 0 Å². The maximum Gasteiger partial charge on any atom is 0.264 e. The Balaban J connectivity index is 1.75. The first kappa shape index (κ1) is 21.7. The van der Waals surface area contributed by atoms with E-state index in [1.807, 2.05) is 6.26 Å². The Hall–Kier alpha value is -2.97. The van der Waals surface area contributed by atoms with E-state index in [9.17, 15) is 13.2 Å². The summed E-state index contributed by atoms with van der Waals surface area (Å²) < 4.78 is 32.1. The van der Waals surface area contributed by atoms with Crippen LogP contribution in [0.25, 0.3) is 0 Å². The Morgan fingerprint density at radius 2 is 1.67 bits per heavy atom. The lowest BCUT2D eigenvalue weighted by Crippen LogP contribution is -2.26. The zero-order valence-corrected chi connectivity index (χ0v) is 18.5. The molecule has 0 bridgehead atoms. The van der Waals surface area contributed by atoms with E-state index in [2.05, 4.69) is 5.32 Å². The Morgan fingerprint density at radius 1 is 1.00 bits per heavy atom. The minimum atomic E-state index is -3.70. The highest BCUT2D eigenvalue weighted by Crippen LogP contribution is 2.25. The van der Waals surface area contributed by atoms with Gasteiger partial charge >= 0.3 is 0 Å². The van der Waals surface area contributed by atoms with Crippen LogP contribution in [-0.4, -0.2) is 34.7 Å². The molecule has 3 rings (SSSR count). The number of methoxy groups -OCH3 is 1. The summed E-state index contributed by atoms with van der Waals surface area (Å²) in [5.41, 5.74) is 1.48. The number of hydrogen-bond donors (Lipinski definition) is 1. The number of nitrogens with zero attached hydrogens (tertiary/aromatic N) is 1. The van der Waals surface area contributed by atoms with Crippen molar-refractivity contribution < 1.29 is 17.9 Å². The van der Waals surface area contributed by atoms with Crippen LogP contribution in [0.4, 0.5) is 11.4 Å². The number of ether oxygens (including phenoxy) is 1. The molecule has 0 spiro atoms. The summed E-state index contributed by atoms with van der Waals surface area (Å²) in [5, 5.41) is 2.80. The first-order valence-electron chi connectivity index (χ1n) is 9.03. The predicted octanol–water partition coefficient (Wildman–Crippen LogP) is 4.49. The van der Waals surface area contributed by atoms with Gasteiger partial charge in [0, 0.05) is 29.3 Å². The number of nitrogens with one attached hydrogen (secondary N) is 1. The molecule has 0 unspecified atom stereocenters. The molecule has 1 N–H and O–H groups in total. The lowest BCUT2D eigenvalue weighted by molar-refractivity contribution is 0.102. The molecule has 0 atom stereocenters. The van der Waals surface area contributed by atoms with Crippen molar-refractivity contribution in [2.45, 2.75) is 9.79 Å². The van der Waals surface area contributed by atoms with Crippen molar-refractivity contribution in [3.05, 3.63) is 78.4 Å². The van der Waals surface area contributed by atoms with Crippen LogP contribution in [0.1, 0.15) is 10.4 Å². The van der Waals surface area contributed by atoms with Crippen molar-refractivity contribution >= 4 is 39.1 Å². The van der Waals surface area contributed by atoms with Crippen molar-refractivity contribution in [1.29, 1.82) is 0 Å². The second-order valence-electron chi connectivity index (χ2n) is 6.38. The summed E-state index contributed by atoms with van der Waals surface area (Å²) in [4.78, 5) is 13.7. The zero-order chi connectivity index (χ0) is 21.7. The molecule has 1 amide bonds. The Labute approximate surface area is 180 Å². The van der Waals surface area contributed by atoms with Gasteiger partial charge in [0.05, 0.1) is 17.7 Å². The number of sulfonamides is 1. The fourth-order valence-electron chi connectivity index (χ4n) is 2.77. The van der Waals surface area contributed by atoms with Crippen LogP contribution in [-0.2, 0) is 10.0 Å². The highest BCUT2D eigenvalue weighted by Gasteiger charge is 2.21. The standard InChI is InChI=1S/C22H22N2O4S2/c1-24(30(26,27)21-13-11-20(29-3)12-14-21)18-9-7-16(8-10-18)22(25)23-17-5-4-6-19(15-17)28-2/h4-15H,1-3H3,(H,23,25). The van der Waals surface area contributed by atoms with Gasteiger partial charge in [0.15, 0.2) is 0 Å². The van der Waals surface area contributed by atoms with E-state index in [-0.39, 0.29) is 10.8 Å². The molecule has 0 heterocycles. The third-order valence-corrected chi connectivity index (χ3v) is 7.08. The van der Waals surface area contributed by atoms with Gasteiger partial charge < -0.3 is 10.1 Å². The van der Waals surface area contributed by atoms with E-state index in [0.29, 0.717) is 22.7 Å². The van der Waals surface area contributed by atoms with Gasteiger partial charge in [0.1, 0.15) is 5.75 Å². The molecule has 0 radical (unpaired) electrons. The molecule has 3 aromatic rings. The number of hydrogen-bond acceptors (Lipinski definition) is 5. The molecule has 8 heteroatoms. The molecule has 0 aliphatic rings. The topological polar surface area (TPSA) is 75.7 Å². The van der Waals surface area contributed by atoms with E-state index < -0.39 is 10.0 Å². The monoisotopic (exact) mass is 442 g/mol. The molecule has 156 valence electrons. The lowest BCUT2D eigenvalue weighted by atomic mass is 10.2. The van der Waals surface area contributed by atoms with Gasteiger partial charge in [-0.1, -0.05) is 6.07 Å². The summed E-state index contributed by atoms with van der Waals surface area (Å²) in [7, 11) is -0.651. The number of anilines is 2. The third-order valence-electron chi connectivity index (χ3n) is 4.54. The first-order chi connectivity index (χ1) is 14.3. The van der Waals surface area contributed by atoms with Crippen molar-refractivity contribution in [2.24, 2.45) is 0 Å². The number of carbonyl (C=O) groups is 1. The number of amides is 1. The minimum absolute atomic E-state index is 0.211. The fraction of sp³-hybridized carbons (Fsp3) is 0.136. The molecule has 6 nitrogen and oxygen atoms in total. The zero-order valence-electron chi connectivity index (χ0n) is 16.8. The Bertz CT molecular complexity index is 1130. The van der Waals surface area contributed by atoms with Crippen LogP contribution in [0.3, 0.4) is 0 Å². The van der Waals surface area contributed by atoms with Crippen LogP contribution in [0.15, 0.2) is 82.6 Å². The Kier molecular flexibility index (Phi) is 6.69. The summed E-state index contributed by atoms with van der Waals surface area (Å²) in [6, 6.07) is 20.2. The van der Waals surface area contributed by atoms with Crippen LogP contribution < -0.4 is 14.4 Å². The van der Waals surface area contributed by atoms with Crippen LogP contribution >= 0.6 is 11.8 Å². The van der Waals surface area contributed by atoms with E-state index in [1.54, 1.807) is 91.7 Å². The van der Waals surface area contributed by atoms with Crippen molar-refractivity contribution in [3.63, 3.8) is 0 Å². The molecule has 3 aromatic carbocycles. The van der Waals surface area contributed by atoms with Gasteiger partial charge in [0.25, 0.3) is 15.9 Å². The second kappa shape index (κ2) is 9.23. The van der Waals surface area contributed by atoms with Gasteiger partial charge in [-0.3, -0.25) is 9.10 Å². The quantitative estimate of drug-likeness (QED) is 0.546. The summed E-state index contributed by atoms with van der Waals surface area (Å²) in [5.74, 6) is 0.341. The average molecular weight is 443 g/mol. The fourth-order valence-corrected chi connectivity index (χ4v) is 4.38. The number of carbonyl (C=O) groups excluding carboxylic acids is 1. The van der Waals surface area contributed by atoms with Gasteiger partial charge in [0.2, 0.25) is 0 Å². The molecule has 0 aromatic heterocycles. The molecular weight excluding hydrogens is 420 g/mol. The predicted molar refractivity (Wildman–Crippen MR) is 121 cm³/mol. The maximum absolute atomic E-state index is 12.9. The second-order valence-corrected chi connectivity index (χ2v) is 9.23. The van der Waals surface area contributed by atoms with Gasteiger partial charge in [-0.15, -0.1) is 11.8 Å². The molecule has 0 fully saturated rings. The number of benzene rings is 3. The van der Waals surface area contributed by atoms with Crippen LogP contribution in [0, 0.1) is 0 Å². The van der Waals surface area contributed by atoms with Crippen LogP contribution in [0.5, 0.6) is 5.75 Å². The van der Waals surface area contributed by atoms with Crippen molar-refractivity contribution in [1.82, 2.24) is 0 Å². The first-order valence-corrected chi connectivity index (χ1v) is 11.7. The summed E-state index contributed by atoms with van der Waals surface area (Å²) in [6.45, 7) is 0. The smallest absolute Gasteiger partial charge is 0.264 e. The average Bonchev–Trinajstić information content (AvgIpc) is 2.78. The van der Waals surface area contributed by atoms with Gasteiger partial charge in [-0.05, 0) is 66.9 Å². The summed E-state index contributed by atoms with van der Waals surface area (Å²) in [6.07, 6.45) is 1.93. The van der Waals surface area contributed by atoms with E-state index in [0.717, 1.165) is 4.90 Å². The SMILES string of the molecule is COc1cccc(NC(=O)c2ccc(N(C)S(=O)(=O)c3ccc(SC)cc3)cc2)c1. The molecule has 0 saturated heterocycles. The van der Waals surface area contributed by atoms with Crippen molar-refractivity contribution in [2.75, 3.05) is 30.0 Å². The Morgan fingerprint density at radius 3 is 2.27 bits per heavy atom. The number of thioether (sulfide) groups is 1. The highest BCUT2D eigenvalue weighted by atomic mass is 32.2. The molecular formula is C22H22N2O4S2. The molecule has 0 aliphatic heterocycles. The molecule has 0 saturated carbocycles. The van der Waals surface area contributed by atoms with E-state index in [1.165, 1.54) is 11.4 Å². The van der Waals surface area contributed by atoms with Gasteiger partial charge in [-0.2, -0.15) is 0 Å². The van der Waals surface area contributed by atoms with E-state index >= 15 is 0 Å².